The van der Waals surface area contributed by atoms with Gasteiger partial charge >= 0.3 is 5.97 Å². The van der Waals surface area contributed by atoms with Crippen LogP contribution in [0.2, 0.25) is 10.0 Å². The van der Waals surface area contributed by atoms with E-state index in [9.17, 15) is 4.79 Å². The first-order chi connectivity index (χ1) is 10.1. The number of hydrogen-bond donors (Lipinski definition) is 2. The molecule has 3 aromatic rings. The number of benzene rings is 1. The van der Waals surface area contributed by atoms with Gasteiger partial charge in [0.1, 0.15) is 16.9 Å². The van der Waals surface area contributed by atoms with Gasteiger partial charge in [0.15, 0.2) is 5.69 Å². The maximum absolute atomic E-state index is 10.9. The van der Waals surface area contributed by atoms with Crippen molar-refractivity contribution in [1.29, 1.82) is 0 Å². The van der Waals surface area contributed by atoms with Crippen molar-refractivity contribution in [3.63, 3.8) is 0 Å². The molecule has 1 aromatic carbocycles. The number of aromatic nitrogens is 3. The number of carboxylic acids is 1. The maximum Gasteiger partial charge on any atom is 0.354 e. The highest BCUT2D eigenvalue weighted by molar-refractivity contribution is 7.00. The third-order valence-electron chi connectivity index (χ3n) is 2.67. The topological polar surface area (TPSA) is 88.0 Å². The molecule has 0 spiro atoms. The lowest BCUT2D eigenvalue weighted by molar-refractivity contribution is 0.0690. The van der Waals surface area contributed by atoms with Crippen molar-refractivity contribution >= 4 is 63.4 Å². The lowest BCUT2D eigenvalue weighted by Gasteiger charge is -2.09. The molecular weight excluding hydrogens is 335 g/mol. The summed E-state index contributed by atoms with van der Waals surface area (Å²) in [7, 11) is 0. The second-order valence-electron chi connectivity index (χ2n) is 4.01. The fourth-order valence-corrected chi connectivity index (χ4v) is 2.90. The highest BCUT2D eigenvalue weighted by Crippen LogP contribution is 2.36. The SMILES string of the molecule is O=C(O)c1cccc(Nc2c(Cl)cc(Cl)c3nsnc23)n1. The fourth-order valence-electron chi connectivity index (χ4n) is 1.74. The van der Waals surface area contributed by atoms with Crippen molar-refractivity contribution in [2.24, 2.45) is 0 Å². The van der Waals surface area contributed by atoms with Crippen LogP contribution in [-0.4, -0.2) is 24.8 Å². The average Bonchev–Trinajstić information content (AvgIpc) is 2.93. The normalized spacial score (nSPS) is 10.8. The number of rotatable bonds is 3. The monoisotopic (exact) mass is 340 g/mol. The molecule has 21 heavy (non-hydrogen) atoms. The van der Waals surface area contributed by atoms with Gasteiger partial charge in [-0.3, -0.25) is 0 Å². The largest absolute Gasteiger partial charge is 0.477 e. The van der Waals surface area contributed by atoms with Crippen LogP contribution in [-0.2, 0) is 0 Å². The number of carbonyl (C=O) groups is 1. The molecule has 2 heterocycles. The van der Waals surface area contributed by atoms with E-state index in [0.717, 1.165) is 11.7 Å². The first kappa shape index (κ1) is 14.0. The van der Waals surface area contributed by atoms with Gasteiger partial charge in [-0.1, -0.05) is 29.3 Å². The first-order valence-electron chi connectivity index (χ1n) is 5.64. The summed E-state index contributed by atoms with van der Waals surface area (Å²) >= 11 is 13.2. The van der Waals surface area contributed by atoms with Crippen molar-refractivity contribution < 1.29 is 9.90 Å². The van der Waals surface area contributed by atoms with Crippen LogP contribution in [0.15, 0.2) is 24.3 Å². The van der Waals surface area contributed by atoms with Gasteiger partial charge in [0.05, 0.1) is 27.5 Å². The van der Waals surface area contributed by atoms with Gasteiger partial charge in [-0.05, 0) is 18.2 Å². The average molecular weight is 341 g/mol. The van der Waals surface area contributed by atoms with Crippen molar-refractivity contribution in [2.75, 3.05) is 5.32 Å². The van der Waals surface area contributed by atoms with Gasteiger partial charge in [0.25, 0.3) is 0 Å². The Hall–Kier alpha value is -1.96. The van der Waals surface area contributed by atoms with Crippen LogP contribution in [0.5, 0.6) is 0 Å². The van der Waals surface area contributed by atoms with E-state index >= 15 is 0 Å². The molecule has 6 nitrogen and oxygen atoms in total. The number of nitrogens with zero attached hydrogens (tertiary/aromatic N) is 3. The molecule has 0 bridgehead atoms. The smallest absolute Gasteiger partial charge is 0.354 e. The number of carboxylic acid groups (broad SMARTS) is 1. The summed E-state index contributed by atoms with van der Waals surface area (Å²) in [5.41, 5.74) is 1.46. The molecule has 0 saturated carbocycles. The van der Waals surface area contributed by atoms with Crippen LogP contribution < -0.4 is 5.32 Å². The van der Waals surface area contributed by atoms with Crippen LogP contribution in [0, 0.1) is 0 Å². The number of fused-ring (bicyclic) bond motifs is 1. The molecule has 0 aliphatic heterocycles. The van der Waals surface area contributed by atoms with E-state index in [2.05, 4.69) is 19.0 Å². The van der Waals surface area contributed by atoms with E-state index in [1.54, 1.807) is 18.2 Å². The second-order valence-corrected chi connectivity index (χ2v) is 5.36. The number of anilines is 2. The lowest BCUT2D eigenvalue weighted by Crippen LogP contribution is -2.03. The second kappa shape index (κ2) is 5.44. The minimum Gasteiger partial charge on any atom is -0.477 e. The summed E-state index contributed by atoms with van der Waals surface area (Å²) in [4.78, 5) is 14.9. The van der Waals surface area contributed by atoms with Crippen molar-refractivity contribution in [3.05, 3.63) is 40.0 Å². The Balaban J connectivity index is 2.08. The number of aromatic carboxylic acids is 1. The zero-order valence-electron chi connectivity index (χ0n) is 10.2. The minimum absolute atomic E-state index is 0.0715. The molecule has 0 saturated heterocycles. The van der Waals surface area contributed by atoms with Crippen molar-refractivity contribution in [1.82, 2.24) is 13.7 Å². The molecule has 0 atom stereocenters. The zero-order valence-corrected chi connectivity index (χ0v) is 12.5. The molecule has 0 fully saturated rings. The molecule has 9 heteroatoms. The van der Waals surface area contributed by atoms with Gasteiger partial charge in [0.2, 0.25) is 0 Å². The Morgan fingerprint density at radius 2 is 1.95 bits per heavy atom. The third kappa shape index (κ3) is 2.63. The molecule has 0 amide bonds. The fraction of sp³-hybridized carbons (Fsp3) is 0. The van der Waals surface area contributed by atoms with Gasteiger partial charge in [-0.2, -0.15) is 8.75 Å². The lowest BCUT2D eigenvalue weighted by atomic mass is 10.2. The Morgan fingerprint density at radius 3 is 2.71 bits per heavy atom. The number of hydrogen-bond acceptors (Lipinski definition) is 6. The van der Waals surface area contributed by atoms with Gasteiger partial charge in [0, 0.05) is 0 Å². The Labute approximate surface area is 132 Å². The minimum atomic E-state index is -1.11. The van der Waals surface area contributed by atoms with Gasteiger partial charge in [-0.15, -0.1) is 0 Å². The maximum atomic E-state index is 10.9. The standard InChI is InChI=1S/C12H6Cl2N4O2S/c13-5-4-6(14)10-11(18-21-17-10)9(5)16-8-3-1-2-7(15-8)12(19)20/h1-4H,(H,15,16)(H,19,20). The number of pyridine rings is 1. The molecule has 0 aliphatic carbocycles. The van der Waals surface area contributed by atoms with Crippen LogP contribution in [0.25, 0.3) is 11.0 Å². The molecule has 3 rings (SSSR count). The van der Waals surface area contributed by atoms with Crippen molar-refractivity contribution in [3.8, 4) is 0 Å². The Kier molecular flexibility index (Phi) is 3.62. The molecule has 0 radical (unpaired) electrons. The van der Waals surface area contributed by atoms with E-state index in [4.69, 9.17) is 28.3 Å². The van der Waals surface area contributed by atoms with Gasteiger partial charge in [-0.25, -0.2) is 9.78 Å². The van der Waals surface area contributed by atoms with Crippen LogP contribution >= 0.6 is 34.9 Å². The van der Waals surface area contributed by atoms with Gasteiger partial charge < -0.3 is 10.4 Å². The van der Waals surface area contributed by atoms with Crippen LogP contribution in [0.1, 0.15) is 10.5 Å². The predicted octanol–water partition coefficient (Wildman–Crippen LogP) is 3.83. The molecule has 0 unspecified atom stereocenters. The molecule has 0 aliphatic rings. The van der Waals surface area contributed by atoms with E-state index in [0.29, 0.717) is 32.6 Å². The third-order valence-corrected chi connectivity index (χ3v) is 3.78. The highest BCUT2D eigenvalue weighted by atomic mass is 35.5. The highest BCUT2D eigenvalue weighted by Gasteiger charge is 2.15. The van der Waals surface area contributed by atoms with E-state index in [-0.39, 0.29) is 5.69 Å². The van der Waals surface area contributed by atoms with Crippen molar-refractivity contribution in [2.45, 2.75) is 0 Å². The van der Waals surface area contributed by atoms with E-state index < -0.39 is 5.97 Å². The summed E-state index contributed by atoms with van der Waals surface area (Å²) in [6.45, 7) is 0. The summed E-state index contributed by atoms with van der Waals surface area (Å²) < 4.78 is 8.24. The predicted molar refractivity (Wildman–Crippen MR) is 81.9 cm³/mol. The molecule has 2 aromatic heterocycles. The Bertz CT molecular complexity index is 852. The van der Waals surface area contributed by atoms with Crippen LogP contribution in [0.4, 0.5) is 11.5 Å². The number of halogens is 2. The van der Waals surface area contributed by atoms with E-state index in [1.165, 1.54) is 6.07 Å². The Morgan fingerprint density at radius 1 is 1.19 bits per heavy atom. The number of nitrogens with one attached hydrogen (secondary N) is 1. The summed E-state index contributed by atoms with van der Waals surface area (Å²) in [6.07, 6.45) is 0. The zero-order chi connectivity index (χ0) is 15.0. The summed E-state index contributed by atoms with van der Waals surface area (Å²) in [6, 6.07) is 6.16. The molecular formula is C12H6Cl2N4O2S. The first-order valence-corrected chi connectivity index (χ1v) is 7.12. The molecule has 106 valence electrons. The van der Waals surface area contributed by atoms with E-state index in [1.807, 2.05) is 0 Å². The van der Waals surface area contributed by atoms with Crippen LogP contribution in [0.3, 0.4) is 0 Å². The summed E-state index contributed by atoms with van der Waals surface area (Å²) in [5, 5.41) is 12.7. The quantitative estimate of drug-likeness (QED) is 0.753. The molecule has 2 N–H and O–H groups in total. The summed E-state index contributed by atoms with van der Waals surface area (Å²) in [5.74, 6) is -0.769.